The van der Waals surface area contributed by atoms with Crippen LogP contribution in [0.15, 0.2) is 46.0 Å². The van der Waals surface area contributed by atoms with Crippen LogP contribution >= 0.6 is 0 Å². The second-order valence-corrected chi connectivity index (χ2v) is 5.42. The average Bonchev–Trinajstić information content (AvgIpc) is 2.59. The van der Waals surface area contributed by atoms with Gasteiger partial charge in [0.15, 0.2) is 0 Å². The van der Waals surface area contributed by atoms with E-state index >= 15 is 0 Å². The smallest absolute Gasteiger partial charge is 0.272 e. The van der Waals surface area contributed by atoms with E-state index in [0.717, 1.165) is 18.2 Å². The van der Waals surface area contributed by atoms with Crippen molar-refractivity contribution in [2.24, 2.45) is 0 Å². The average molecular weight is 345 g/mol. The van der Waals surface area contributed by atoms with E-state index in [1.54, 1.807) is 0 Å². The van der Waals surface area contributed by atoms with Crippen LogP contribution in [0.4, 0.5) is 14.5 Å². The molecule has 0 aliphatic rings. The summed E-state index contributed by atoms with van der Waals surface area (Å²) < 4.78 is 26.7. The van der Waals surface area contributed by atoms with Crippen molar-refractivity contribution in [3.8, 4) is 0 Å². The Labute approximate surface area is 139 Å². The first kappa shape index (κ1) is 16.6. The summed E-state index contributed by atoms with van der Waals surface area (Å²) in [4.78, 5) is 35.8. The molecule has 0 aliphatic heterocycles. The molecule has 0 spiro atoms. The molecule has 0 radical (unpaired) electrons. The summed E-state index contributed by atoms with van der Waals surface area (Å²) in [7, 11) is 0. The van der Waals surface area contributed by atoms with Crippen LogP contribution in [0.2, 0.25) is 0 Å². The van der Waals surface area contributed by atoms with Crippen molar-refractivity contribution in [1.82, 2.24) is 10.2 Å². The zero-order valence-corrected chi connectivity index (χ0v) is 12.9. The van der Waals surface area contributed by atoms with Crippen molar-refractivity contribution in [3.05, 3.63) is 74.3 Å². The van der Waals surface area contributed by atoms with Gasteiger partial charge < -0.3 is 5.32 Å². The van der Waals surface area contributed by atoms with E-state index in [-0.39, 0.29) is 34.9 Å². The van der Waals surface area contributed by atoms with Gasteiger partial charge in [0.25, 0.3) is 11.1 Å². The monoisotopic (exact) mass is 345 g/mol. The zero-order valence-electron chi connectivity index (χ0n) is 12.9. The number of aromatic nitrogens is 2. The minimum Gasteiger partial charge on any atom is -0.325 e. The third kappa shape index (κ3) is 3.47. The zero-order chi connectivity index (χ0) is 18.0. The predicted molar refractivity (Wildman–Crippen MR) is 88.5 cm³/mol. The number of nitrogens with one attached hydrogen (secondary N) is 3. The van der Waals surface area contributed by atoms with Gasteiger partial charge in [-0.2, -0.15) is 0 Å². The number of carbonyl (C=O) groups is 1. The molecule has 0 saturated carbocycles. The van der Waals surface area contributed by atoms with Crippen LogP contribution in [0.25, 0.3) is 10.8 Å². The van der Waals surface area contributed by atoms with Gasteiger partial charge in [0, 0.05) is 6.42 Å². The minimum absolute atomic E-state index is 0.00284. The number of aryl methyl sites for hydroxylation is 1. The lowest BCUT2D eigenvalue weighted by molar-refractivity contribution is -0.116. The van der Waals surface area contributed by atoms with Crippen LogP contribution in [0.3, 0.4) is 0 Å². The van der Waals surface area contributed by atoms with E-state index in [0.29, 0.717) is 0 Å². The third-order valence-corrected chi connectivity index (χ3v) is 3.73. The van der Waals surface area contributed by atoms with Crippen LogP contribution in [0.5, 0.6) is 0 Å². The molecule has 0 bridgehead atoms. The summed E-state index contributed by atoms with van der Waals surface area (Å²) in [5, 5.41) is 7.11. The SMILES string of the molecule is O=C(CCc1cc(F)ccc1F)Nc1cccc2c(=O)[nH][nH]c(=O)c12. The first-order valence-corrected chi connectivity index (χ1v) is 7.43. The molecular formula is C17H13F2N3O3. The molecular weight excluding hydrogens is 332 g/mol. The van der Waals surface area contributed by atoms with Crippen LogP contribution < -0.4 is 16.4 Å². The Hall–Kier alpha value is -3.29. The lowest BCUT2D eigenvalue weighted by Crippen LogP contribution is -2.21. The van der Waals surface area contributed by atoms with E-state index in [2.05, 4.69) is 15.5 Å². The Bertz CT molecular complexity index is 1070. The van der Waals surface area contributed by atoms with Gasteiger partial charge >= 0.3 is 0 Å². The minimum atomic E-state index is -0.595. The van der Waals surface area contributed by atoms with E-state index in [4.69, 9.17) is 0 Å². The van der Waals surface area contributed by atoms with Gasteiger partial charge in [0.2, 0.25) is 5.91 Å². The molecule has 1 heterocycles. The van der Waals surface area contributed by atoms with Crippen molar-refractivity contribution in [1.29, 1.82) is 0 Å². The molecule has 0 atom stereocenters. The fourth-order valence-corrected chi connectivity index (χ4v) is 2.53. The number of anilines is 1. The first-order valence-electron chi connectivity index (χ1n) is 7.43. The summed E-state index contributed by atoms with van der Waals surface area (Å²) in [6.07, 6.45) is -0.116. The Morgan fingerprint density at radius 2 is 1.80 bits per heavy atom. The standard InChI is InChI=1S/C17H13F2N3O3/c18-10-5-6-12(19)9(8-10)4-7-14(23)20-13-3-1-2-11-15(13)17(25)22-21-16(11)24/h1-3,5-6,8H,4,7H2,(H,20,23)(H,21,24)(H,22,25). The van der Waals surface area contributed by atoms with E-state index in [1.165, 1.54) is 18.2 Å². The second-order valence-electron chi connectivity index (χ2n) is 5.42. The molecule has 3 aromatic rings. The van der Waals surface area contributed by atoms with Gasteiger partial charge in [-0.1, -0.05) is 6.07 Å². The molecule has 6 nitrogen and oxygen atoms in total. The van der Waals surface area contributed by atoms with Gasteiger partial charge in [-0.3, -0.25) is 24.6 Å². The summed E-state index contributed by atoms with van der Waals surface area (Å²) in [5.74, 6) is -1.67. The largest absolute Gasteiger partial charge is 0.325 e. The summed E-state index contributed by atoms with van der Waals surface area (Å²) in [6, 6.07) is 7.50. The molecule has 0 fully saturated rings. The van der Waals surface area contributed by atoms with Gasteiger partial charge in [-0.25, -0.2) is 8.78 Å². The highest BCUT2D eigenvalue weighted by atomic mass is 19.1. The fraction of sp³-hybridized carbons (Fsp3) is 0.118. The summed E-state index contributed by atoms with van der Waals surface area (Å²) in [5.41, 5.74) is -0.786. The molecule has 0 saturated heterocycles. The molecule has 0 unspecified atom stereocenters. The summed E-state index contributed by atoms with van der Waals surface area (Å²) in [6.45, 7) is 0. The lowest BCUT2D eigenvalue weighted by Gasteiger charge is -2.08. The van der Waals surface area contributed by atoms with Crippen LogP contribution in [-0.4, -0.2) is 16.1 Å². The molecule has 0 aliphatic carbocycles. The van der Waals surface area contributed by atoms with Gasteiger partial charge in [-0.05, 0) is 42.3 Å². The molecule has 1 amide bonds. The molecule has 25 heavy (non-hydrogen) atoms. The van der Waals surface area contributed by atoms with Gasteiger partial charge in [0.1, 0.15) is 11.6 Å². The number of H-pyrrole nitrogens is 2. The van der Waals surface area contributed by atoms with Gasteiger partial charge in [-0.15, -0.1) is 0 Å². The quantitative estimate of drug-likeness (QED) is 0.675. The number of rotatable bonds is 4. The normalized spacial score (nSPS) is 10.8. The van der Waals surface area contributed by atoms with Crippen LogP contribution in [0, 0.1) is 11.6 Å². The summed E-state index contributed by atoms with van der Waals surface area (Å²) >= 11 is 0. The molecule has 1 aromatic heterocycles. The van der Waals surface area contributed by atoms with Gasteiger partial charge in [0.05, 0.1) is 16.5 Å². The number of halogens is 2. The number of hydrogen-bond donors (Lipinski definition) is 3. The number of aromatic amines is 2. The van der Waals surface area contributed by atoms with Crippen molar-refractivity contribution >= 4 is 22.4 Å². The maximum atomic E-state index is 13.6. The fourth-order valence-electron chi connectivity index (χ4n) is 2.53. The lowest BCUT2D eigenvalue weighted by atomic mass is 10.1. The highest BCUT2D eigenvalue weighted by Crippen LogP contribution is 2.18. The number of carbonyl (C=O) groups excluding carboxylic acids is 1. The topological polar surface area (TPSA) is 94.8 Å². The van der Waals surface area contributed by atoms with Crippen molar-refractivity contribution < 1.29 is 13.6 Å². The molecule has 3 rings (SSSR count). The van der Waals surface area contributed by atoms with E-state index in [1.807, 2.05) is 0 Å². The number of hydrogen-bond acceptors (Lipinski definition) is 3. The first-order chi connectivity index (χ1) is 12.0. The highest BCUT2D eigenvalue weighted by molar-refractivity contribution is 6.01. The van der Waals surface area contributed by atoms with Crippen molar-refractivity contribution in [2.75, 3.05) is 5.32 Å². The molecule has 3 N–H and O–H groups in total. The van der Waals surface area contributed by atoms with E-state index < -0.39 is 28.7 Å². The molecule has 8 heteroatoms. The maximum absolute atomic E-state index is 13.6. The van der Waals surface area contributed by atoms with Crippen molar-refractivity contribution in [3.63, 3.8) is 0 Å². The van der Waals surface area contributed by atoms with Crippen LogP contribution in [-0.2, 0) is 11.2 Å². The number of amides is 1. The number of fused-ring (bicyclic) bond motifs is 1. The predicted octanol–water partition coefficient (Wildman–Crippen LogP) is 2.07. The van der Waals surface area contributed by atoms with Crippen molar-refractivity contribution in [2.45, 2.75) is 12.8 Å². The highest BCUT2D eigenvalue weighted by Gasteiger charge is 2.12. The Morgan fingerprint density at radius 1 is 1.04 bits per heavy atom. The molecule has 2 aromatic carbocycles. The molecule has 128 valence electrons. The third-order valence-electron chi connectivity index (χ3n) is 3.73. The Morgan fingerprint density at radius 3 is 2.60 bits per heavy atom. The van der Waals surface area contributed by atoms with E-state index in [9.17, 15) is 23.2 Å². The maximum Gasteiger partial charge on any atom is 0.272 e. The number of benzene rings is 2. The van der Waals surface area contributed by atoms with Crippen LogP contribution in [0.1, 0.15) is 12.0 Å². The Balaban J connectivity index is 1.81. The Kier molecular flexibility index (Phi) is 4.42. The second kappa shape index (κ2) is 6.68.